The fraction of sp³-hybridized carbons (Fsp3) is 0.0909. The molecule has 0 bridgehead atoms. The number of hydrogen-bond donors (Lipinski definition) is 1. The van der Waals surface area contributed by atoms with Gasteiger partial charge in [-0.15, -0.1) is 0 Å². The minimum absolute atomic E-state index is 0.0889. The zero-order chi connectivity index (χ0) is 19.5. The summed E-state index contributed by atoms with van der Waals surface area (Å²) in [4.78, 5) is 18.8. The number of halogens is 1. The van der Waals surface area contributed by atoms with Crippen LogP contribution in [-0.4, -0.2) is 22.6 Å². The first-order valence-corrected chi connectivity index (χ1v) is 9.54. The van der Waals surface area contributed by atoms with Crippen LogP contribution in [-0.2, 0) is 4.79 Å². The monoisotopic (exact) mass is 436 g/mol. The normalized spacial score (nSPS) is 16.5. The molecule has 0 fully saturated rings. The van der Waals surface area contributed by atoms with Crippen LogP contribution in [0.25, 0.3) is 0 Å². The van der Waals surface area contributed by atoms with Crippen LogP contribution in [0.5, 0.6) is 5.75 Å². The van der Waals surface area contributed by atoms with Crippen molar-refractivity contribution in [3.63, 3.8) is 0 Å². The highest BCUT2D eigenvalue weighted by Gasteiger charge is 2.42. The van der Waals surface area contributed by atoms with Gasteiger partial charge in [0, 0.05) is 16.2 Å². The maximum absolute atomic E-state index is 12.9. The molecule has 4 rings (SSSR count). The van der Waals surface area contributed by atoms with E-state index in [1.807, 2.05) is 60.7 Å². The Balaban J connectivity index is 1.73. The van der Waals surface area contributed by atoms with Gasteiger partial charge in [-0.3, -0.25) is 9.69 Å². The maximum atomic E-state index is 12.9. The number of para-hydroxylation sites is 1. The molecule has 0 aliphatic carbocycles. The van der Waals surface area contributed by atoms with Crippen molar-refractivity contribution >= 4 is 27.7 Å². The van der Waals surface area contributed by atoms with E-state index in [1.165, 1.54) is 4.90 Å². The van der Waals surface area contributed by atoms with Crippen LogP contribution in [0.1, 0.15) is 11.6 Å². The molecule has 1 aliphatic rings. The summed E-state index contributed by atoms with van der Waals surface area (Å²) in [5, 5.41) is 10.6. The van der Waals surface area contributed by atoms with Crippen molar-refractivity contribution in [2.45, 2.75) is 6.04 Å². The minimum Gasteiger partial charge on any atom is -0.503 e. The molecule has 5 nitrogen and oxygen atoms in total. The standard InChI is InChI=1S/C22H17BrN2O3/c23-16-11-12-24-19(13-16)25-20(15-7-3-1-4-8-15)18(21(26)22(25)27)14-28-17-9-5-2-6-10-17/h1-13,20,26H,14H2. The van der Waals surface area contributed by atoms with Crippen LogP contribution < -0.4 is 9.64 Å². The number of aromatic nitrogens is 1. The molecule has 28 heavy (non-hydrogen) atoms. The molecule has 1 atom stereocenters. The summed E-state index contributed by atoms with van der Waals surface area (Å²) >= 11 is 3.42. The van der Waals surface area contributed by atoms with Crippen LogP contribution in [0, 0.1) is 0 Å². The summed E-state index contributed by atoms with van der Waals surface area (Å²) in [5.41, 5.74) is 1.37. The number of carbonyl (C=O) groups is 1. The zero-order valence-electron chi connectivity index (χ0n) is 14.8. The number of aliphatic hydroxyl groups is 1. The van der Waals surface area contributed by atoms with Crippen molar-refractivity contribution < 1.29 is 14.6 Å². The summed E-state index contributed by atoms with van der Waals surface area (Å²) in [6.45, 7) is 0.0889. The lowest BCUT2D eigenvalue weighted by atomic mass is 10.00. The molecule has 3 aromatic rings. The van der Waals surface area contributed by atoms with E-state index >= 15 is 0 Å². The van der Waals surface area contributed by atoms with Crippen molar-refractivity contribution in [1.82, 2.24) is 4.98 Å². The second-order valence-corrected chi connectivity index (χ2v) is 7.21. The lowest BCUT2D eigenvalue weighted by Gasteiger charge is -2.26. The number of aliphatic hydroxyl groups excluding tert-OH is 1. The lowest BCUT2D eigenvalue weighted by molar-refractivity contribution is -0.117. The van der Waals surface area contributed by atoms with Crippen LogP contribution in [0.2, 0.25) is 0 Å². The third-order valence-electron chi connectivity index (χ3n) is 4.52. The number of rotatable bonds is 5. The second kappa shape index (κ2) is 7.86. The molecule has 1 amide bonds. The smallest absolute Gasteiger partial charge is 0.295 e. The Morgan fingerprint density at radius 2 is 1.71 bits per heavy atom. The van der Waals surface area contributed by atoms with Gasteiger partial charge in [0.1, 0.15) is 18.2 Å². The van der Waals surface area contributed by atoms with Crippen molar-refractivity contribution in [2.75, 3.05) is 11.5 Å². The number of ether oxygens (including phenoxy) is 1. The highest BCUT2D eigenvalue weighted by Crippen LogP contribution is 2.40. The molecule has 2 heterocycles. The Bertz CT molecular complexity index is 1020. The minimum atomic E-state index is -0.501. The molecule has 0 saturated carbocycles. The van der Waals surface area contributed by atoms with Gasteiger partial charge in [0.25, 0.3) is 5.91 Å². The van der Waals surface area contributed by atoms with Crippen molar-refractivity contribution in [3.8, 4) is 5.75 Å². The van der Waals surface area contributed by atoms with E-state index in [-0.39, 0.29) is 12.4 Å². The number of carbonyl (C=O) groups excluding carboxylic acids is 1. The van der Waals surface area contributed by atoms with E-state index < -0.39 is 11.9 Å². The predicted octanol–water partition coefficient (Wildman–Crippen LogP) is 4.82. The Kier molecular flexibility index (Phi) is 5.12. The fourth-order valence-electron chi connectivity index (χ4n) is 3.23. The zero-order valence-corrected chi connectivity index (χ0v) is 16.4. The Labute approximate surface area is 171 Å². The van der Waals surface area contributed by atoms with Crippen molar-refractivity contribution in [1.29, 1.82) is 0 Å². The molecule has 0 radical (unpaired) electrons. The van der Waals surface area contributed by atoms with Gasteiger partial charge in [0.2, 0.25) is 0 Å². The van der Waals surface area contributed by atoms with E-state index in [4.69, 9.17) is 4.74 Å². The number of amides is 1. The molecular formula is C22H17BrN2O3. The lowest BCUT2D eigenvalue weighted by Crippen LogP contribution is -2.31. The Hall–Kier alpha value is -3.12. The van der Waals surface area contributed by atoms with Crippen molar-refractivity contribution in [3.05, 3.63) is 100 Å². The summed E-state index contributed by atoms with van der Waals surface area (Å²) in [6, 6.07) is 21.9. The second-order valence-electron chi connectivity index (χ2n) is 6.30. The highest BCUT2D eigenvalue weighted by atomic mass is 79.9. The van der Waals surface area contributed by atoms with Crippen LogP contribution >= 0.6 is 15.9 Å². The quantitative estimate of drug-likeness (QED) is 0.622. The van der Waals surface area contributed by atoms with E-state index in [2.05, 4.69) is 20.9 Å². The first kappa shape index (κ1) is 18.3. The van der Waals surface area contributed by atoms with Gasteiger partial charge < -0.3 is 9.84 Å². The van der Waals surface area contributed by atoms with Gasteiger partial charge in [-0.25, -0.2) is 4.98 Å². The molecule has 0 spiro atoms. The van der Waals surface area contributed by atoms with Gasteiger partial charge in [-0.1, -0.05) is 64.5 Å². The number of benzene rings is 2. The molecule has 2 aromatic carbocycles. The number of anilines is 1. The average Bonchev–Trinajstić information content (AvgIpc) is 2.98. The molecule has 1 aliphatic heterocycles. The van der Waals surface area contributed by atoms with Gasteiger partial charge in [-0.2, -0.15) is 0 Å². The molecular weight excluding hydrogens is 420 g/mol. The van der Waals surface area contributed by atoms with Gasteiger partial charge in [0.05, 0.1) is 6.04 Å². The van der Waals surface area contributed by atoms with E-state index in [9.17, 15) is 9.90 Å². The van der Waals surface area contributed by atoms with Crippen LogP contribution in [0.4, 0.5) is 5.82 Å². The number of pyridine rings is 1. The topological polar surface area (TPSA) is 62.7 Å². The number of hydrogen-bond acceptors (Lipinski definition) is 4. The molecule has 1 unspecified atom stereocenters. The van der Waals surface area contributed by atoms with E-state index in [1.54, 1.807) is 18.3 Å². The van der Waals surface area contributed by atoms with Crippen LogP contribution in [0.15, 0.2) is 94.8 Å². The third-order valence-corrected chi connectivity index (χ3v) is 5.01. The molecule has 1 aromatic heterocycles. The van der Waals surface area contributed by atoms with Gasteiger partial charge >= 0.3 is 0 Å². The van der Waals surface area contributed by atoms with Gasteiger partial charge in [-0.05, 0) is 29.8 Å². The summed E-state index contributed by atoms with van der Waals surface area (Å²) in [6.07, 6.45) is 1.62. The average molecular weight is 437 g/mol. The SMILES string of the molecule is O=C1C(O)=C(COc2ccccc2)C(c2ccccc2)N1c1cc(Br)ccn1. The van der Waals surface area contributed by atoms with Gasteiger partial charge in [0.15, 0.2) is 5.76 Å². The molecule has 1 N–H and O–H groups in total. The molecule has 0 saturated heterocycles. The summed E-state index contributed by atoms with van der Waals surface area (Å²) in [7, 11) is 0. The summed E-state index contributed by atoms with van der Waals surface area (Å²) < 4.78 is 6.64. The highest BCUT2D eigenvalue weighted by molar-refractivity contribution is 9.10. The van der Waals surface area contributed by atoms with Crippen LogP contribution in [0.3, 0.4) is 0 Å². The summed E-state index contributed by atoms with van der Waals surface area (Å²) in [5.74, 6) is 0.327. The number of nitrogens with zero attached hydrogens (tertiary/aromatic N) is 2. The molecule has 140 valence electrons. The fourth-order valence-corrected chi connectivity index (χ4v) is 3.55. The third kappa shape index (κ3) is 3.51. The van der Waals surface area contributed by atoms with E-state index in [0.717, 1.165) is 10.0 Å². The maximum Gasteiger partial charge on any atom is 0.295 e. The Morgan fingerprint density at radius 3 is 2.39 bits per heavy atom. The molecule has 6 heteroatoms. The largest absolute Gasteiger partial charge is 0.503 e. The first-order valence-electron chi connectivity index (χ1n) is 8.75. The Morgan fingerprint density at radius 1 is 1.04 bits per heavy atom. The van der Waals surface area contributed by atoms with Crippen molar-refractivity contribution in [2.24, 2.45) is 0 Å². The first-order chi connectivity index (χ1) is 13.6. The predicted molar refractivity (Wildman–Crippen MR) is 110 cm³/mol. The van der Waals surface area contributed by atoms with E-state index in [0.29, 0.717) is 17.1 Å².